The molecule has 1 amide bonds. The molecular formula is C16H23FN2O3S. The van der Waals surface area contributed by atoms with Gasteiger partial charge in [-0.1, -0.05) is 25.1 Å². The molecule has 1 N–H and O–H groups in total. The van der Waals surface area contributed by atoms with Crippen molar-refractivity contribution in [2.75, 3.05) is 19.6 Å². The number of halogens is 1. The SMILES string of the molecule is CCCNC(=O)C1CCN(S(=O)(=O)Cc2ccccc2F)CC1. The van der Waals surface area contributed by atoms with E-state index in [0.29, 0.717) is 32.5 Å². The van der Waals surface area contributed by atoms with Gasteiger partial charge in [0.05, 0.1) is 5.75 Å². The largest absolute Gasteiger partial charge is 0.356 e. The Morgan fingerprint density at radius 1 is 1.30 bits per heavy atom. The first kappa shape index (κ1) is 17.9. The van der Waals surface area contributed by atoms with Crippen LogP contribution in [0.2, 0.25) is 0 Å². The number of benzene rings is 1. The van der Waals surface area contributed by atoms with Crippen LogP contribution in [0.3, 0.4) is 0 Å². The zero-order valence-corrected chi connectivity index (χ0v) is 14.1. The number of nitrogens with one attached hydrogen (secondary N) is 1. The average Bonchev–Trinajstić information content (AvgIpc) is 2.55. The first-order valence-electron chi connectivity index (χ1n) is 7.93. The molecule has 0 unspecified atom stereocenters. The second-order valence-corrected chi connectivity index (χ2v) is 7.78. The maximum absolute atomic E-state index is 13.6. The molecule has 1 saturated heterocycles. The highest BCUT2D eigenvalue weighted by Gasteiger charge is 2.31. The lowest BCUT2D eigenvalue weighted by Crippen LogP contribution is -2.43. The number of carbonyl (C=O) groups excluding carboxylic acids is 1. The van der Waals surface area contributed by atoms with E-state index in [-0.39, 0.29) is 23.1 Å². The van der Waals surface area contributed by atoms with Gasteiger partial charge in [0.25, 0.3) is 0 Å². The van der Waals surface area contributed by atoms with Gasteiger partial charge in [-0.25, -0.2) is 17.1 Å². The maximum Gasteiger partial charge on any atom is 0.223 e. The normalized spacial score (nSPS) is 17.1. The van der Waals surface area contributed by atoms with Gasteiger partial charge >= 0.3 is 0 Å². The number of hydrogen-bond acceptors (Lipinski definition) is 3. The molecule has 1 aromatic rings. The predicted octanol–water partition coefficient (Wildman–Crippen LogP) is 1.89. The Kier molecular flexibility index (Phi) is 6.12. The van der Waals surface area contributed by atoms with Crippen LogP contribution in [-0.4, -0.2) is 38.3 Å². The Morgan fingerprint density at radius 2 is 1.96 bits per heavy atom. The van der Waals surface area contributed by atoms with Crippen LogP contribution >= 0.6 is 0 Å². The van der Waals surface area contributed by atoms with Gasteiger partial charge in [0.1, 0.15) is 5.82 Å². The summed E-state index contributed by atoms with van der Waals surface area (Å²) in [5, 5.41) is 2.85. The van der Waals surface area contributed by atoms with Crippen LogP contribution in [0, 0.1) is 11.7 Å². The highest BCUT2D eigenvalue weighted by atomic mass is 32.2. The molecule has 5 nitrogen and oxygen atoms in total. The first-order valence-corrected chi connectivity index (χ1v) is 9.54. The Balaban J connectivity index is 1.93. The van der Waals surface area contributed by atoms with E-state index in [9.17, 15) is 17.6 Å². The number of carbonyl (C=O) groups is 1. The molecule has 1 aromatic carbocycles. The van der Waals surface area contributed by atoms with Crippen molar-refractivity contribution in [2.45, 2.75) is 31.9 Å². The quantitative estimate of drug-likeness (QED) is 0.858. The predicted molar refractivity (Wildman–Crippen MR) is 86.6 cm³/mol. The number of piperidine rings is 1. The maximum atomic E-state index is 13.6. The molecule has 0 bridgehead atoms. The molecule has 0 radical (unpaired) electrons. The lowest BCUT2D eigenvalue weighted by atomic mass is 9.97. The van der Waals surface area contributed by atoms with Crippen molar-refractivity contribution in [1.82, 2.24) is 9.62 Å². The second-order valence-electron chi connectivity index (χ2n) is 5.81. The number of amides is 1. The lowest BCUT2D eigenvalue weighted by Gasteiger charge is -2.30. The van der Waals surface area contributed by atoms with Gasteiger partial charge in [-0.2, -0.15) is 0 Å². The smallest absolute Gasteiger partial charge is 0.223 e. The van der Waals surface area contributed by atoms with Crippen molar-refractivity contribution < 1.29 is 17.6 Å². The average molecular weight is 342 g/mol. The molecule has 128 valence electrons. The fourth-order valence-electron chi connectivity index (χ4n) is 2.69. The van der Waals surface area contributed by atoms with Gasteiger partial charge in [-0.05, 0) is 25.3 Å². The van der Waals surface area contributed by atoms with Gasteiger partial charge in [-0.3, -0.25) is 4.79 Å². The molecule has 0 spiro atoms. The van der Waals surface area contributed by atoms with E-state index in [1.807, 2.05) is 6.92 Å². The van der Waals surface area contributed by atoms with E-state index in [2.05, 4.69) is 5.32 Å². The molecule has 23 heavy (non-hydrogen) atoms. The Labute approximate surface area is 136 Å². The molecule has 0 saturated carbocycles. The molecule has 0 atom stereocenters. The van der Waals surface area contributed by atoms with Crippen LogP contribution in [0.5, 0.6) is 0 Å². The van der Waals surface area contributed by atoms with Crippen molar-refractivity contribution in [3.63, 3.8) is 0 Å². The van der Waals surface area contributed by atoms with Crippen LogP contribution < -0.4 is 5.32 Å². The van der Waals surface area contributed by atoms with E-state index in [0.717, 1.165) is 6.42 Å². The Morgan fingerprint density at radius 3 is 2.57 bits per heavy atom. The molecular weight excluding hydrogens is 319 g/mol. The van der Waals surface area contributed by atoms with Crippen molar-refractivity contribution in [2.24, 2.45) is 5.92 Å². The molecule has 2 rings (SSSR count). The fourth-order valence-corrected chi connectivity index (χ4v) is 4.27. The Bertz CT molecular complexity index is 640. The third kappa shape index (κ3) is 4.75. The number of nitrogens with zero attached hydrogens (tertiary/aromatic N) is 1. The molecule has 1 heterocycles. The molecule has 0 aromatic heterocycles. The summed E-state index contributed by atoms with van der Waals surface area (Å²) in [6.45, 7) is 3.24. The third-order valence-corrected chi connectivity index (χ3v) is 5.89. The lowest BCUT2D eigenvalue weighted by molar-refractivity contribution is -0.126. The summed E-state index contributed by atoms with van der Waals surface area (Å²) < 4.78 is 39.8. The van der Waals surface area contributed by atoms with E-state index in [1.54, 1.807) is 6.07 Å². The topological polar surface area (TPSA) is 66.5 Å². The van der Waals surface area contributed by atoms with Gasteiger partial charge in [-0.15, -0.1) is 0 Å². The minimum atomic E-state index is -3.56. The summed E-state index contributed by atoms with van der Waals surface area (Å²) in [5.74, 6) is -0.990. The summed E-state index contributed by atoms with van der Waals surface area (Å²) in [4.78, 5) is 11.9. The fraction of sp³-hybridized carbons (Fsp3) is 0.562. The van der Waals surface area contributed by atoms with Crippen molar-refractivity contribution in [1.29, 1.82) is 0 Å². The van der Waals surface area contributed by atoms with Crippen molar-refractivity contribution in [3.8, 4) is 0 Å². The molecule has 1 aliphatic heterocycles. The van der Waals surface area contributed by atoms with Gasteiger partial charge in [0, 0.05) is 31.1 Å². The zero-order chi connectivity index (χ0) is 16.9. The van der Waals surface area contributed by atoms with E-state index >= 15 is 0 Å². The summed E-state index contributed by atoms with van der Waals surface area (Å²) >= 11 is 0. The van der Waals surface area contributed by atoms with Crippen molar-refractivity contribution >= 4 is 15.9 Å². The Hall–Kier alpha value is -1.47. The summed E-state index contributed by atoms with van der Waals surface area (Å²) in [7, 11) is -3.56. The highest BCUT2D eigenvalue weighted by Crippen LogP contribution is 2.22. The van der Waals surface area contributed by atoms with Crippen LogP contribution in [0.25, 0.3) is 0 Å². The number of hydrogen-bond donors (Lipinski definition) is 1. The van der Waals surface area contributed by atoms with E-state index in [1.165, 1.54) is 22.5 Å². The van der Waals surface area contributed by atoms with Gasteiger partial charge < -0.3 is 5.32 Å². The number of rotatable bonds is 6. The number of sulfonamides is 1. The molecule has 7 heteroatoms. The summed E-state index contributed by atoms with van der Waals surface area (Å²) in [5.41, 5.74) is 0.176. The van der Waals surface area contributed by atoms with E-state index < -0.39 is 15.8 Å². The van der Waals surface area contributed by atoms with Crippen LogP contribution in [0.15, 0.2) is 24.3 Å². The second kappa shape index (κ2) is 7.88. The molecule has 0 aliphatic carbocycles. The van der Waals surface area contributed by atoms with Crippen LogP contribution in [-0.2, 0) is 20.6 Å². The van der Waals surface area contributed by atoms with E-state index in [4.69, 9.17) is 0 Å². The van der Waals surface area contributed by atoms with Gasteiger partial charge in [0.15, 0.2) is 0 Å². The standard InChI is InChI=1S/C16H23FN2O3S/c1-2-9-18-16(20)13-7-10-19(11-8-13)23(21,22)12-14-5-3-4-6-15(14)17/h3-6,13H,2,7-12H2,1H3,(H,18,20). The zero-order valence-electron chi connectivity index (χ0n) is 13.3. The minimum absolute atomic E-state index is 0.00185. The molecule has 1 aliphatic rings. The molecule has 1 fully saturated rings. The van der Waals surface area contributed by atoms with Crippen molar-refractivity contribution in [3.05, 3.63) is 35.6 Å². The monoisotopic (exact) mass is 342 g/mol. The third-order valence-electron chi connectivity index (χ3n) is 4.06. The highest BCUT2D eigenvalue weighted by molar-refractivity contribution is 7.88. The van der Waals surface area contributed by atoms with Crippen LogP contribution in [0.1, 0.15) is 31.7 Å². The summed E-state index contributed by atoms with van der Waals surface area (Å²) in [6.07, 6.45) is 1.89. The van der Waals surface area contributed by atoms with Gasteiger partial charge in [0.2, 0.25) is 15.9 Å². The minimum Gasteiger partial charge on any atom is -0.356 e. The van der Waals surface area contributed by atoms with Crippen LogP contribution in [0.4, 0.5) is 4.39 Å². The first-order chi connectivity index (χ1) is 10.9. The summed E-state index contributed by atoms with van der Waals surface area (Å²) in [6, 6.07) is 5.90.